The van der Waals surface area contributed by atoms with Gasteiger partial charge in [0.05, 0.1) is 10.9 Å². The van der Waals surface area contributed by atoms with Crippen molar-refractivity contribution in [1.29, 1.82) is 0 Å². The van der Waals surface area contributed by atoms with Crippen LogP contribution in [0.15, 0.2) is 0 Å². The lowest BCUT2D eigenvalue weighted by molar-refractivity contribution is -0.135. The zero-order valence-corrected chi connectivity index (χ0v) is 11.7. The Balaban J connectivity index is 2.75. The fraction of sp³-hybridized carbons (Fsp3) is 0.818. The molecule has 1 saturated heterocycles. The van der Waals surface area contributed by atoms with Gasteiger partial charge in [-0.2, -0.15) is 11.8 Å². The molecule has 16 heavy (non-hydrogen) atoms. The third-order valence-corrected chi connectivity index (χ3v) is 4.84. The Morgan fingerprint density at radius 2 is 2.25 bits per heavy atom. The minimum absolute atomic E-state index is 0.106. The summed E-state index contributed by atoms with van der Waals surface area (Å²) in [5, 5.41) is 0.488. The summed E-state index contributed by atoms with van der Waals surface area (Å²) in [6, 6.07) is 0.273. The van der Waals surface area contributed by atoms with E-state index < -0.39 is 0 Å². The maximum atomic E-state index is 12.3. The average molecular weight is 260 g/mol. The molecule has 1 heterocycles. The van der Waals surface area contributed by atoms with Crippen molar-refractivity contribution >= 4 is 34.9 Å². The third kappa shape index (κ3) is 2.88. The molecule has 0 aliphatic carbocycles. The number of amides is 1. The van der Waals surface area contributed by atoms with E-state index in [1.165, 1.54) is 0 Å². The molecule has 1 rings (SSSR count). The summed E-state index contributed by atoms with van der Waals surface area (Å²) in [5.41, 5.74) is 5.61. The quantitative estimate of drug-likeness (QED) is 0.784. The van der Waals surface area contributed by atoms with Gasteiger partial charge in [-0.25, -0.2) is 0 Å². The largest absolute Gasteiger partial charge is 0.393 e. The van der Waals surface area contributed by atoms with Crippen molar-refractivity contribution in [3.63, 3.8) is 0 Å². The number of rotatable bonds is 3. The van der Waals surface area contributed by atoms with Crippen molar-refractivity contribution in [1.82, 2.24) is 4.90 Å². The first-order valence-electron chi connectivity index (χ1n) is 5.70. The first-order chi connectivity index (χ1) is 7.49. The van der Waals surface area contributed by atoms with E-state index in [2.05, 4.69) is 13.8 Å². The standard InChI is InChI=1S/C11H20N2OS2/c1-4-9(10(12)15)11(14)13-5-6-16-8(3)7(13)2/h7-9H,4-6H2,1-3H3,(H2,12,15). The predicted octanol–water partition coefficient (Wildman–Crippen LogP) is 1.65. The minimum atomic E-state index is -0.284. The molecule has 3 nitrogen and oxygen atoms in total. The number of thioether (sulfide) groups is 1. The van der Waals surface area contributed by atoms with E-state index in [1.54, 1.807) is 0 Å². The van der Waals surface area contributed by atoms with Gasteiger partial charge in [-0.05, 0) is 13.3 Å². The van der Waals surface area contributed by atoms with Crippen LogP contribution in [-0.2, 0) is 4.79 Å². The van der Waals surface area contributed by atoms with E-state index in [1.807, 2.05) is 23.6 Å². The second kappa shape index (κ2) is 5.87. The smallest absolute Gasteiger partial charge is 0.232 e. The highest BCUT2D eigenvalue weighted by molar-refractivity contribution is 8.00. The molecule has 0 aromatic rings. The van der Waals surface area contributed by atoms with Crippen LogP contribution in [0.2, 0.25) is 0 Å². The number of nitrogens with two attached hydrogens (primary N) is 1. The van der Waals surface area contributed by atoms with Gasteiger partial charge in [-0.15, -0.1) is 0 Å². The van der Waals surface area contributed by atoms with Gasteiger partial charge in [-0.1, -0.05) is 26.1 Å². The molecule has 0 radical (unpaired) electrons. The van der Waals surface area contributed by atoms with Crippen LogP contribution < -0.4 is 5.73 Å². The number of hydrogen-bond donors (Lipinski definition) is 1. The van der Waals surface area contributed by atoms with Gasteiger partial charge in [0.25, 0.3) is 0 Å². The van der Waals surface area contributed by atoms with E-state index in [-0.39, 0.29) is 17.9 Å². The molecule has 0 bridgehead atoms. The van der Waals surface area contributed by atoms with Gasteiger partial charge >= 0.3 is 0 Å². The molecule has 2 N–H and O–H groups in total. The molecule has 3 unspecified atom stereocenters. The molecule has 92 valence electrons. The van der Waals surface area contributed by atoms with Crippen LogP contribution in [0.25, 0.3) is 0 Å². The maximum Gasteiger partial charge on any atom is 0.232 e. The Bertz CT molecular complexity index is 283. The summed E-state index contributed by atoms with van der Waals surface area (Å²) in [7, 11) is 0. The molecular weight excluding hydrogens is 240 g/mol. The molecule has 0 aromatic carbocycles. The Labute approximate surface area is 107 Å². The first kappa shape index (κ1) is 13.8. The van der Waals surface area contributed by atoms with Crippen molar-refractivity contribution in [3.05, 3.63) is 0 Å². The average Bonchev–Trinajstić information content (AvgIpc) is 2.22. The van der Waals surface area contributed by atoms with Gasteiger partial charge in [0.2, 0.25) is 5.91 Å². The molecule has 0 saturated carbocycles. The van der Waals surface area contributed by atoms with Crippen LogP contribution in [0.5, 0.6) is 0 Å². The number of hydrogen-bond acceptors (Lipinski definition) is 3. The second-order valence-corrected chi connectivity index (χ2v) is 6.17. The molecule has 3 atom stereocenters. The SMILES string of the molecule is CCC(C(=O)N1CCSC(C)C1C)C(N)=S. The molecule has 1 aliphatic rings. The van der Waals surface area contributed by atoms with Crippen LogP contribution in [0.4, 0.5) is 0 Å². The molecule has 1 amide bonds. The highest BCUT2D eigenvalue weighted by Gasteiger charge is 2.33. The van der Waals surface area contributed by atoms with Crippen molar-refractivity contribution < 1.29 is 4.79 Å². The van der Waals surface area contributed by atoms with Crippen molar-refractivity contribution in [2.75, 3.05) is 12.3 Å². The van der Waals surface area contributed by atoms with Crippen LogP contribution in [-0.4, -0.2) is 39.4 Å². The topological polar surface area (TPSA) is 46.3 Å². The van der Waals surface area contributed by atoms with Crippen molar-refractivity contribution in [3.8, 4) is 0 Å². The van der Waals surface area contributed by atoms with E-state index in [9.17, 15) is 4.79 Å². The molecular formula is C11H20N2OS2. The lowest BCUT2D eigenvalue weighted by Crippen LogP contribution is -2.51. The van der Waals surface area contributed by atoms with E-state index in [0.29, 0.717) is 16.7 Å². The highest BCUT2D eigenvalue weighted by Crippen LogP contribution is 2.26. The van der Waals surface area contributed by atoms with E-state index in [0.717, 1.165) is 12.3 Å². The number of thiocarbonyl (C=S) groups is 1. The monoisotopic (exact) mass is 260 g/mol. The molecule has 1 fully saturated rings. The van der Waals surface area contributed by atoms with Crippen LogP contribution >= 0.6 is 24.0 Å². The van der Waals surface area contributed by atoms with E-state index in [4.69, 9.17) is 18.0 Å². The Morgan fingerprint density at radius 1 is 1.62 bits per heavy atom. The fourth-order valence-corrected chi connectivity index (χ4v) is 3.31. The molecule has 1 aliphatic heterocycles. The molecule has 5 heteroatoms. The van der Waals surface area contributed by atoms with Crippen LogP contribution in [0.3, 0.4) is 0 Å². The summed E-state index contributed by atoms with van der Waals surface area (Å²) in [5.74, 6) is 0.827. The van der Waals surface area contributed by atoms with Gasteiger partial charge in [0.15, 0.2) is 0 Å². The maximum absolute atomic E-state index is 12.3. The summed E-state index contributed by atoms with van der Waals surface area (Å²) >= 11 is 6.87. The van der Waals surface area contributed by atoms with Gasteiger partial charge in [-0.3, -0.25) is 4.79 Å². The Kier molecular flexibility index (Phi) is 5.05. The van der Waals surface area contributed by atoms with E-state index >= 15 is 0 Å². The zero-order chi connectivity index (χ0) is 12.3. The van der Waals surface area contributed by atoms with Crippen LogP contribution in [0.1, 0.15) is 27.2 Å². The zero-order valence-electron chi connectivity index (χ0n) is 10.1. The summed E-state index contributed by atoms with van der Waals surface area (Å²) in [4.78, 5) is 14.5. The van der Waals surface area contributed by atoms with Gasteiger partial charge < -0.3 is 10.6 Å². The van der Waals surface area contributed by atoms with Gasteiger partial charge in [0.1, 0.15) is 0 Å². The van der Waals surface area contributed by atoms with Crippen molar-refractivity contribution in [2.24, 2.45) is 11.7 Å². The summed E-state index contributed by atoms with van der Waals surface area (Å²) in [6.07, 6.45) is 0.693. The highest BCUT2D eigenvalue weighted by atomic mass is 32.2. The first-order valence-corrected chi connectivity index (χ1v) is 7.16. The Morgan fingerprint density at radius 3 is 2.75 bits per heavy atom. The van der Waals surface area contributed by atoms with Crippen molar-refractivity contribution in [2.45, 2.75) is 38.5 Å². The molecule has 0 spiro atoms. The third-order valence-electron chi connectivity index (χ3n) is 3.22. The normalized spacial score (nSPS) is 27.6. The second-order valence-electron chi connectivity index (χ2n) is 4.21. The summed E-state index contributed by atoms with van der Waals surface area (Å²) < 4.78 is 0. The minimum Gasteiger partial charge on any atom is -0.393 e. The number of carbonyl (C=O) groups is 1. The predicted molar refractivity (Wildman–Crippen MR) is 73.7 cm³/mol. The number of nitrogens with zero attached hydrogens (tertiary/aromatic N) is 1. The van der Waals surface area contributed by atoms with Crippen LogP contribution in [0, 0.1) is 5.92 Å². The lowest BCUT2D eigenvalue weighted by Gasteiger charge is -2.39. The lowest BCUT2D eigenvalue weighted by atomic mass is 10.0. The Hall–Kier alpha value is -0.290. The summed E-state index contributed by atoms with van der Waals surface area (Å²) in [6.45, 7) is 7.03. The van der Waals surface area contributed by atoms with Gasteiger partial charge in [0, 0.05) is 23.6 Å². The molecule has 0 aromatic heterocycles. The number of carbonyl (C=O) groups excluding carboxylic acids is 1. The fourth-order valence-electron chi connectivity index (χ4n) is 1.94.